The number of aliphatic hydroxyl groups excluding tert-OH is 2. The smallest absolute Gasteiger partial charge is 0.187 e. The highest BCUT2D eigenvalue weighted by atomic mass is 16.3. The molecule has 5 N–H and O–H groups in total. The first kappa shape index (κ1) is 32.6. The molecule has 0 saturated carbocycles. The summed E-state index contributed by atoms with van der Waals surface area (Å²) in [5.41, 5.74) is 3.78. The summed E-state index contributed by atoms with van der Waals surface area (Å²) in [5.74, 6) is 0.203. The van der Waals surface area contributed by atoms with Crippen LogP contribution in [0.1, 0.15) is 95.4 Å². The summed E-state index contributed by atoms with van der Waals surface area (Å²) in [4.78, 5) is 32.4. The van der Waals surface area contributed by atoms with Crippen molar-refractivity contribution in [2.75, 3.05) is 6.61 Å². The van der Waals surface area contributed by atoms with Crippen molar-refractivity contribution in [1.82, 2.24) is 0 Å². The van der Waals surface area contributed by atoms with Gasteiger partial charge in [0.25, 0.3) is 0 Å². The van der Waals surface area contributed by atoms with Gasteiger partial charge in [0.2, 0.25) is 0 Å². The third kappa shape index (κ3) is 23.0. The van der Waals surface area contributed by atoms with Gasteiger partial charge in [-0.3, -0.25) is 14.4 Å². The second-order valence-corrected chi connectivity index (χ2v) is 11.1. The van der Waals surface area contributed by atoms with Crippen molar-refractivity contribution in [2.24, 2.45) is 16.2 Å². The fraction of sp³-hybridized carbons (Fsp3) is 0.870. The lowest BCUT2D eigenvalue weighted by Crippen LogP contribution is -2.69. The Morgan fingerprint density at radius 1 is 0.862 bits per heavy atom. The highest BCUT2D eigenvalue weighted by molar-refractivity contribution is 5.97. The second kappa shape index (κ2) is 14.0. The molecule has 0 aliphatic rings. The highest BCUT2D eigenvalue weighted by Gasteiger charge is 2.27. The first-order valence-electron chi connectivity index (χ1n) is 10.3. The Morgan fingerprint density at radius 3 is 1.41 bits per heavy atom. The Kier molecular flexibility index (Phi) is 15.7. The van der Waals surface area contributed by atoms with Gasteiger partial charge >= 0.3 is 0 Å². The topological polar surface area (TPSA) is 119 Å². The fourth-order valence-electron chi connectivity index (χ4n) is 1.76. The summed E-state index contributed by atoms with van der Waals surface area (Å²) in [6.07, 6.45) is 0.903. The van der Waals surface area contributed by atoms with Gasteiger partial charge in [-0.25, -0.2) is 0 Å². The van der Waals surface area contributed by atoms with Crippen molar-refractivity contribution in [3.8, 4) is 0 Å². The van der Waals surface area contributed by atoms with Crippen molar-refractivity contribution in [3.05, 3.63) is 0 Å². The molecule has 2 atom stereocenters. The van der Waals surface area contributed by atoms with E-state index in [4.69, 9.17) is 10.2 Å². The molecule has 0 aromatic carbocycles. The lowest BCUT2D eigenvalue weighted by atomic mass is 9.85. The lowest BCUT2D eigenvalue weighted by Gasteiger charge is -2.23. The number of quaternary nitrogens is 1. The molecular formula is C23H48NO5+. The van der Waals surface area contributed by atoms with Crippen LogP contribution in [0.4, 0.5) is 0 Å². The van der Waals surface area contributed by atoms with Gasteiger partial charge in [-0.1, -0.05) is 62.3 Å². The molecule has 6 nitrogen and oxygen atoms in total. The van der Waals surface area contributed by atoms with E-state index in [0.29, 0.717) is 6.42 Å². The predicted octanol–water partition coefficient (Wildman–Crippen LogP) is 2.98. The fourth-order valence-corrected chi connectivity index (χ4v) is 1.76. The van der Waals surface area contributed by atoms with Crippen molar-refractivity contribution in [3.63, 3.8) is 0 Å². The molecule has 0 amide bonds. The van der Waals surface area contributed by atoms with Gasteiger partial charge in [-0.15, -0.1) is 0 Å². The number of aliphatic hydroxyl groups is 2. The minimum Gasteiger partial charge on any atom is -0.394 e. The van der Waals surface area contributed by atoms with Crippen LogP contribution in [0, 0.1) is 16.2 Å². The van der Waals surface area contributed by atoms with Gasteiger partial charge < -0.3 is 15.9 Å². The maximum Gasteiger partial charge on any atom is 0.187 e. The number of rotatable bonds is 6. The molecule has 174 valence electrons. The Bertz CT molecular complexity index is 493. The number of Topliss-reactive ketones (excluding diaryl/α,β-unsaturated/α-hetero) is 3. The van der Waals surface area contributed by atoms with Crippen LogP contribution in [0.25, 0.3) is 0 Å². The molecule has 0 saturated heterocycles. The van der Waals surface area contributed by atoms with Gasteiger partial charge in [0.1, 0.15) is 17.6 Å². The Labute approximate surface area is 178 Å². The van der Waals surface area contributed by atoms with E-state index in [2.05, 4.69) is 26.5 Å². The highest BCUT2D eigenvalue weighted by Crippen LogP contribution is 2.21. The average molecular weight is 419 g/mol. The average Bonchev–Trinajstić information content (AvgIpc) is 2.49. The number of carbonyl (C=O) groups excluding carboxylic acids is 3. The summed E-state index contributed by atoms with van der Waals surface area (Å²) in [7, 11) is 0. The molecule has 29 heavy (non-hydrogen) atoms. The van der Waals surface area contributed by atoms with Gasteiger partial charge in [-0.05, 0) is 24.2 Å². The first-order valence-corrected chi connectivity index (χ1v) is 10.3. The molecule has 0 bridgehead atoms. The summed E-state index contributed by atoms with van der Waals surface area (Å²) >= 11 is 0. The van der Waals surface area contributed by atoms with E-state index < -0.39 is 6.10 Å². The first-order chi connectivity index (χ1) is 12.6. The van der Waals surface area contributed by atoms with E-state index >= 15 is 0 Å². The summed E-state index contributed by atoms with van der Waals surface area (Å²) in [6.45, 7) is 20.9. The molecule has 0 aromatic rings. The maximum atomic E-state index is 11.1. The number of carbonyl (C=O) groups is 3. The Balaban J connectivity index is -0.000000359. The predicted molar refractivity (Wildman–Crippen MR) is 118 cm³/mol. The molecule has 0 rings (SSSR count). The quantitative estimate of drug-likeness (QED) is 0.573. The number of hydrogen-bond acceptors (Lipinski definition) is 5. The van der Waals surface area contributed by atoms with E-state index in [1.807, 2.05) is 41.5 Å². The molecule has 1 unspecified atom stereocenters. The van der Waals surface area contributed by atoms with E-state index in [9.17, 15) is 14.4 Å². The molecule has 0 aliphatic carbocycles. The van der Waals surface area contributed by atoms with E-state index in [-0.39, 0.29) is 52.7 Å². The summed E-state index contributed by atoms with van der Waals surface area (Å²) in [6, 6.07) is -0.0718. The third-order valence-corrected chi connectivity index (χ3v) is 4.31. The molecule has 0 fully saturated rings. The van der Waals surface area contributed by atoms with Crippen LogP contribution in [0.15, 0.2) is 0 Å². The van der Waals surface area contributed by atoms with E-state index in [1.54, 1.807) is 6.92 Å². The van der Waals surface area contributed by atoms with Crippen LogP contribution >= 0.6 is 0 Å². The minimum absolute atomic E-state index is 0.0197. The largest absolute Gasteiger partial charge is 0.394 e. The Hall–Kier alpha value is -1.11. The normalized spacial score (nSPS) is 13.9. The number of hydrogen-bond donors (Lipinski definition) is 3. The lowest BCUT2D eigenvalue weighted by molar-refractivity contribution is -0.425. The minimum atomic E-state index is -0.595. The zero-order valence-corrected chi connectivity index (χ0v) is 20.8. The molecule has 6 heteroatoms. The van der Waals surface area contributed by atoms with Crippen LogP contribution in [0.3, 0.4) is 0 Å². The summed E-state index contributed by atoms with van der Waals surface area (Å²) < 4.78 is 0. The monoisotopic (exact) mass is 418 g/mol. The summed E-state index contributed by atoms with van der Waals surface area (Å²) in [5, 5.41) is 17.4. The van der Waals surface area contributed by atoms with Crippen LogP contribution in [-0.2, 0) is 14.4 Å². The molecule has 0 aliphatic heterocycles. The second-order valence-electron chi connectivity index (χ2n) is 11.1. The standard InChI is InChI=1S/C10H18O2.C7H15NO.C6H14O2/c1-8(11)7-9(12)5-6-10(2,3)4;1-5(9)6(8)7(2,3)4;1-6(2,3)5(8)4-7/h5-7H2,1-4H3;6H,8H2,1-4H3;5,7-8H,4H2,1-3H3/p+1/t;6-;/m.1./s1. The Morgan fingerprint density at radius 2 is 1.28 bits per heavy atom. The van der Waals surface area contributed by atoms with Crippen molar-refractivity contribution < 1.29 is 30.3 Å². The van der Waals surface area contributed by atoms with Gasteiger partial charge in [0.15, 0.2) is 5.78 Å². The van der Waals surface area contributed by atoms with E-state index in [0.717, 1.165) is 6.42 Å². The van der Waals surface area contributed by atoms with Gasteiger partial charge in [0.05, 0.1) is 19.1 Å². The van der Waals surface area contributed by atoms with Crippen LogP contribution in [0.5, 0.6) is 0 Å². The molecule has 0 aromatic heterocycles. The van der Waals surface area contributed by atoms with Crippen molar-refractivity contribution in [2.45, 2.75) is 108 Å². The zero-order chi connectivity index (χ0) is 24.2. The van der Waals surface area contributed by atoms with Gasteiger partial charge in [0, 0.05) is 18.8 Å². The van der Waals surface area contributed by atoms with E-state index in [1.165, 1.54) is 6.92 Å². The maximum absolute atomic E-state index is 11.1. The molecule has 0 radical (unpaired) electrons. The SMILES string of the molecule is CC(=O)CC(=O)CCC(C)(C)C.CC(=O)[C@@H]([NH3+])C(C)(C)C.CC(C)(C)C(O)CO. The third-order valence-electron chi connectivity index (χ3n) is 4.31. The van der Waals surface area contributed by atoms with Crippen LogP contribution < -0.4 is 5.73 Å². The van der Waals surface area contributed by atoms with Crippen molar-refractivity contribution in [1.29, 1.82) is 0 Å². The van der Waals surface area contributed by atoms with Crippen molar-refractivity contribution >= 4 is 17.3 Å². The molecule has 0 spiro atoms. The van der Waals surface area contributed by atoms with Crippen LogP contribution in [-0.4, -0.2) is 46.3 Å². The molecular weight excluding hydrogens is 370 g/mol. The van der Waals surface area contributed by atoms with Gasteiger partial charge in [-0.2, -0.15) is 0 Å². The number of ketones is 3. The molecule has 0 heterocycles. The zero-order valence-electron chi connectivity index (χ0n) is 20.8. The van der Waals surface area contributed by atoms with Crippen LogP contribution in [0.2, 0.25) is 0 Å².